The third kappa shape index (κ3) is 5.04. The van der Waals surface area contributed by atoms with Crippen molar-refractivity contribution in [2.45, 2.75) is 45.9 Å². The molecule has 0 bridgehead atoms. The van der Waals surface area contributed by atoms with Crippen LogP contribution in [0.5, 0.6) is 0 Å². The molecular formula is C18H25Cl2NOS. The highest BCUT2D eigenvalue weighted by atomic mass is 35.5. The van der Waals surface area contributed by atoms with E-state index in [0.717, 1.165) is 24.3 Å². The minimum Gasteiger partial charge on any atom is -0.326 e. The Morgan fingerprint density at radius 1 is 1.39 bits per heavy atom. The van der Waals surface area contributed by atoms with Gasteiger partial charge in [0, 0.05) is 24.3 Å². The molecule has 2 rings (SSSR count). The van der Waals surface area contributed by atoms with Crippen molar-refractivity contribution in [3.8, 4) is 0 Å². The van der Waals surface area contributed by atoms with Crippen LogP contribution in [0.3, 0.4) is 0 Å². The smallest absolute Gasteiger partial charge is 0.224 e. The monoisotopic (exact) mass is 373 g/mol. The third-order valence-corrected chi connectivity index (χ3v) is 6.02. The summed E-state index contributed by atoms with van der Waals surface area (Å²) in [6.07, 6.45) is 1.63. The molecule has 1 saturated heterocycles. The van der Waals surface area contributed by atoms with Gasteiger partial charge in [-0.25, -0.2) is 0 Å². The van der Waals surface area contributed by atoms with Crippen molar-refractivity contribution in [3.63, 3.8) is 0 Å². The average molecular weight is 374 g/mol. The summed E-state index contributed by atoms with van der Waals surface area (Å²) in [6.45, 7) is 9.59. The molecule has 5 heteroatoms. The maximum Gasteiger partial charge on any atom is 0.224 e. The molecule has 1 amide bonds. The summed E-state index contributed by atoms with van der Waals surface area (Å²) < 4.78 is 0. The van der Waals surface area contributed by atoms with E-state index < -0.39 is 0 Å². The molecule has 0 N–H and O–H groups in total. The van der Waals surface area contributed by atoms with E-state index in [1.165, 1.54) is 0 Å². The molecule has 1 fully saturated rings. The van der Waals surface area contributed by atoms with Crippen molar-refractivity contribution in [2.75, 3.05) is 12.3 Å². The molecule has 0 spiro atoms. The van der Waals surface area contributed by atoms with E-state index in [1.807, 2.05) is 17.0 Å². The number of hydrogen-bond donors (Lipinski definition) is 0. The first kappa shape index (κ1) is 19.0. The molecule has 1 aromatic carbocycles. The number of hydrogen-bond acceptors (Lipinski definition) is 2. The van der Waals surface area contributed by atoms with Crippen molar-refractivity contribution < 1.29 is 4.79 Å². The Balaban J connectivity index is 2.09. The van der Waals surface area contributed by atoms with E-state index in [0.29, 0.717) is 22.4 Å². The van der Waals surface area contributed by atoms with Gasteiger partial charge in [0.1, 0.15) is 5.37 Å². The quantitative estimate of drug-likeness (QED) is 0.641. The second-order valence-electron chi connectivity index (χ2n) is 7.53. The van der Waals surface area contributed by atoms with Gasteiger partial charge < -0.3 is 4.90 Å². The second-order valence-corrected chi connectivity index (χ2v) is 9.50. The fraction of sp³-hybridized carbons (Fsp3) is 0.611. The molecule has 0 radical (unpaired) electrons. The van der Waals surface area contributed by atoms with Gasteiger partial charge in [-0.3, -0.25) is 4.79 Å². The first-order valence-electron chi connectivity index (χ1n) is 8.04. The average Bonchev–Trinajstić information content (AvgIpc) is 2.88. The van der Waals surface area contributed by atoms with Crippen molar-refractivity contribution in [1.82, 2.24) is 4.90 Å². The van der Waals surface area contributed by atoms with Crippen molar-refractivity contribution in [1.29, 1.82) is 0 Å². The highest BCUT2D eigenvalue weighted by Crippen LogP contribution is 2.43. The molecule has 1 aliphatic rings. The standard InChI is InChI=1S/C18H25Cl2NOS/c1-12(11-18(2,3)4)10-15(22)21-8-9-23-17(21)13-6-5-7-14(19)16(13)20/h5-7,12,17H,8-11H2,1-4H3. The van der Waals surface area contributed by atoms with Crippen molar-refractivity contribution in [3.05, 3.63) is 33.8 Å². The molecule has 0 saturated carbocycles. The molecule has 128 valence electrons. The van der Waals surface area contributed by atoms with Crippen LogP contribution in [0.15, 0.2) is 18.2 Å². The minimum atomic E-state index is -0.0180. The Labute approximate surface area is 153 Å². The van der Waals surface area contributed by atoms with Gasteiger partial charge in [0.25, 0.3) is 0 Å². The largest absolute Gasteiger partial charge is 0.326 e. The SMILES string of the molecule is CC(CC(=O)N1CCSC1c1cccc(Cl)c1Cl)CC(C)(C)C. The van der Waals surface area contributed by atoms with Crippen LogP contribution in [-0.2, 0) is 4.79 Å². The first-order valence-corrected chi connectivity index (χ1v) is 9.84. The maximum absolute atomic E-state index is 12.8. The molecule has 2 atom stereocenters. The van der Waals surface area contributed by atoms with E-state index >= 15 is 0 Å². The Morgan fingerprint density at radius 2 is 2.09 bits per heavy atom. The number of nitrogens with zero attached hydrogens (tertiary/aromatic N) is 1. The highest BCUT2D eigenvalue weighted by molar-refractivity contribution is 7.99. The minimum absolute atomic E-state index is 0.0180. The molecule has 1 heterocycles. The summed E-state index contributed by atoms with van der Waals surface area (Å²) in [5.74, 6) is 1.53. The molecule has 0 aliphatic carbocycles. The lowest BCUT2D eigenvalue weighted by Crippen LogP contribution is -2.32. The first-order chi connectivity index (χ1) is 10.7. The Morgan fingerprint density at radius 3 is 2.74 bits per heavy atom. The van der Waals surface area contributed by atoms with Crippen LogP contribution >= 0.6 is 35.0 Å². The highest BCUT2D eigenvalue weighted by Gasteiger charge is 2.33. The molecule has 1 aliphatic heterocycles. The normalized spacial score (nSPS) is 19.9. The predicted molar refractivity (Wildman–Crippen MR) is 101 cm³/mol. The maximum atomic E-state index is 12.8. The topological polar surface area (TPSA) is 20.3 Å². The number of carbonyl (C=O) groups is 1. The summed E-state index contributed by atoms with van der Waals surface area (Å²) in [4.78, 5) is 14.7. The van der Waals surface area contributed by atoms with E-state index in [2.05, 4.69) is 27.7 Å². The van der Waals surface area contributed by atoms with Gasteiger partial charge in [0.2, 0.25) is 5.91 Å². The number of amides is 1. The summed E-state index contributed by atoms with van der Waals surface area (Å²) in [6, 6.07) is 5.65. The van der Waals surface area contributed by atoms with Gasteiger partial charge in [-0.15, -0.1) is 11.8 Å². The second kappa shape index (κ2) is 7.67. The lowest BCUT2D eigenvalue weighted by molar-refractivity contribution is -0.132. The number of thioether (sulfide) groups is 1. The van der Waals surface area contributed by atoms with Crippen molar-refractivity contribution >= 4 is 40.9 Å². The van der Waals surface area contributed by atoms with Gasteiger partial charge in [-0.05, 0) is 23.8 Å². The van der Waals surface area contributed by atoms with Crippen LogP contribution in [0, 0.1) is 11.3 Å². The zero-order valence-electron chi connectivity index (χ0n) is 14.2. The third-order valence-electron chi connectivity index (χ3n) is 3.94. The lowest BCUT2D eigenvalue weighted by atomic mass is 9.84. The molecule has 23 heavy (non-hydrogen) atoms. The van der Waals surface area contributed by atoms with E-state index in [4.69, 9.17) is 23.2 Å². The summed E-state index contributed by atoms with van der Waals surface area (Å²) in [5.41, 5.74) is 1.19. The summed E-state index contributed by atoms with van der Waals surface area (Å²) in [5, 5.41) is 1.09. The molecule has 2 nitrogen and oxygen atoms in total. The number of rotatable bonds is 4. The lowest BCUT2D eigenvalue weighted by Gasteiger charge is -2.28. The van der Waals surface area contributed by atoms with Crippen LogP contribution in [0.1, 0.15) is 51.5 Å². The fourth-order valence-corrected chi connectivity index (χ4v) is 5.01. The van der Waals surface area contributed by atoms with E-state index in [-0.39, 0.29) is 16.7 Å². The van der Waals surface area contributed by atoms with Crippen LogP contribution in [0.2, 0.25) is 10.0 Å². The number of halogens is 2. The fourth-order valence-electron chi connectivity index (χ4n) is 3.23. The van der Waals surface area contributed by atoms with Gasteiger partial charge in [0.15, 0.2) is 0 Å². The van der Waals surface area contributed by atoms with Crippen LogP contribution in [-0.4, -0.2) is 23.1 Å². The van der Waals surface area contributed by atoms with E-state index in [1.54, 1.807) is 17.8 Å². The molecule has 1 aromatic rings. The van der Waals surface area contributed by atoms with Crippen LogP contribution in [0.25, 0.3) is 0 Å². The van der Waals surface area contributed by atoms with Crippen LogP contribution in [0.4, 0.5) is 0 Å². The zero-order chi connectivity index (χ0) is 17.2. The van der Waals surface area contributed by atoms with Gasteiger partial charge in [-0.1, -0.05) is 63.0 Å². The number of carbonyl (C=O) groups excluding carboxylic acids is 1. The molecular weight excluding hydrogens is 349 g/mol. The van der Waals surface area contributed by atoms with Crippen molar-refractivity contribution in [2.24, 2.45) is 11.3 Å². The summed E-state index contributed by atoms with van der Waals surface area (Å²) in [7, 11) is 0. The Hall–Kier alpha value is -0.380. The number of benzene rings is 1. The zero-order valence-corrected chi connectivity index (χ0v) is 16.6. The van der Waals surface area contributed by atoms with Gasteiger partial charge in [0.05, 0.1) is 10.0 Å². The van der Waals surface area contributed by atoms with E-state index in [9.17, 15) is 4.79 Å². The molecule has 0 aromatic heterocycles. The predicted octanol–water partition coefficient (Wildman–Crippen LogP) is 6.03. The summed E-state index contributed by atoms with van der Waals surface area (Å²) >= 11 is 14.2. The Kier molecular flexibility index (Phi) is 6.32. The van der Waals surface area contributed by atoms with Gasteiger partial charge >= 0.3 is 0 Å². The van der Waals surface area contributed by atoms with Gasteiger partial charge in [-0.2, -0.15) is 0 Å². The molecule has 2 unspecified atom stereocenters. The Bertz CT molecular complexity index is 571. The van der Waals surface area contributed by atoms with Crippen LogP contribution < -0.4 is 0 Å².